The van der Waals surface area contributed by atoms with Gasteiger partial charge < -0.3 is 5.11 Å². The highest BCUT2D eigenvalue weighted by atomic mass is 79.9. The Labute approximate surface area is 111 Å². The molecule has 0 aliphatic rings. The first-order chi connectivity index (χ1) is 8.15. The first-order valence-corrected chi connectivity index (χ1v) is 6.53. The summed E-state index contributed by atoms with van der Waals surface area (Å²) in [5, 5.41) is 9.27. The third-order valence-electron chi connectivity index (χ3n) is 2.12. The van der Waals surface area contributed by atoms with E-state index in [4.69, 9.17) is 0 Å². The van der Waals surface area contributed by atoms with Crippen molar-refractivity contribution in [1.29, 1.82) is 0 Å². The van der Waals surface area contributed by atoms with Gasteiger partial charge in [-0.1, -0.05) is 12.1 Å². The molecule has 0 saturated heterocycles. The van der Waals surface area contributed by atoms with Gasteiger partial charge in [-0.15, -0.1) is 11.3 Å². The van der Waals surface area contributed by atoms with E-state index in [1.807, 2.05) is 12.1 Å². The molecule has 0 spiro atoms. The minimum absolute atomic E-state index is 0.100. The molecule has 0 radical (unpaired) electrons. The lowest BCUT2D eigenvalue weighted by Gasteiger charge is -1.96. The Morgan fingerprint density at radius 2 is 2.12 bits per heavy atom. The Morgan fingerprint density at radius 1 is 1.29 bits per heavy atom. The zero-order valence-electron chi connectivity index (χ0n) is 8.76. The van der Waals surface area contributed by atoms with E-state index in [1.54, 1.807) is 29.5 Å². The number of hydrogen-bond acceptors (Lipinski definition) is 3. The summed E-state index contributed by atoms with van der Waals surface area (Å²) in [7, 11) is 0. The van der Waals surface area contributed by atoms with Crippen molar-refractivity contribution in [2.24, 2.45) is 0 Å². The van der Waals surface area contributed by atoms with Crippen LogP contribution in [0.1, 0.15) is 15.2 Å². The third-order valence-corrected chi connectivity index (χ3v) is 3.71. The van der Waals surface area contributed by atoms with Gasteiger partial charge in [0, 0.05) is 10.4 Å². The van der Waals surface area contributed by atoms with Crippen LogP contribution in [0, 0.1) is 0 Å². The van der Waals surface area contributed by atoms with Crippen molar-refractivity contribution in [3.63, 3.8) is 0 Å². The van der Waals surface area contributed by atoms with Crippen molar-refractivity contribution in [2.75, 3.05) is 0 Å². The van der Waals surface area contributed by atoms with E-state index in [2.05, 4.69) is 15.9 Å². The number of phenols is 1. The maximum absolute atomic E-state index is 11.8. The van der Waals surface area contributed by atoms with Crippen molar-refractivity contribution in [1.82, 2.24) is 0 Å². The monoisotopic (exact) mass is 308 g/mol. The van der Waals surface area contributed by atoms with Gasteiger partial charge in [0.1, 0.15) is 5.75 Å². The molecule has 1 heterocycles. The summed E-state index contributed by atoms with van der Waals surface area (Å²) in [6.07, 6.45) is 3.27. The second-order valence-corrected chi connectivity index (χ2v) is 5.88. The van der Waals surface area contributed by atoms with E-state index < -0.39 is 0 Å². The molecule has 0 saturated carbocycles. The van der Waals surface area contributed by atoms with Gasteiger partial charge in [0.25, 0.3) is 0 Å². The lowest BCUT2D eigenvalue weighted by molar-refractivity contribution is 0.104. The number of phenolic OH excluding ortho intramolecular Hbond substituents is 1. The topological polar surface area (TPSA) is 37.3 Å². The van der Waals surface area contributed by atoms with Gasteiger partial charge in [0.05, 0.1) is 3.79 Å². The molecule has 86 valence electrons. The largest absolute Gasteiger partial charge is 0.508 e. The summed E-state index contributed by atoms with van der Waals surface area (Å²) < 4.78 is 1.03. The van der Waals surface area contributed by atoms with Crippen molar-refractivity contribution < 1.29 is 9.90 Å². The van der Waals surface area contributed by atoms with Crippen LogP contribution < -0.4 is 0 Å². The predicted molar refractivity (Wildman–Crippen MR) is 73.5 cm³/mol. The average molecular weight is 309 g/mol. The van der Waals surface area contributed by atoms with Crippen LogP contribution in [0.2, 0.25) is 0 Å². The summed E-state index contributed by atoms with van der Waals surface area (Å²) >= 11 is 4.92. The van der Waals surface area contributed by atoms with Gasteiger partial charge in [0.15, 0.2) is 5.78 Å². The average Bonchev–Trinajstić information content (AvgIpc) is 2.72. The molecule has 2 nitrogen and oxygen atoms in total. The molecule has 0 fully saturated rings. The number of carbonyl (C=O) groups is 1. The molecule has 17 heavy (non-hydrogen) atoms. The maximum atomic E-state index is 11.8. The second-order valence-electron chi connectivity index (χ2n) is 3.39. The number of carbonyl (C=O) groups excluding carboxylic acids is 1. The third kappa shape index (κ3) is 3.28. The number of benzene rings is 1. The van der Waals surface area contributed by atoms with Gasteiger partial charge in [-0.05, 0) is 52.3 Å². The summed E-state index contributed by atoms with van der Waals surface area (Å²) in [5.74, 6) is -0.0199. The molecule has 0 unspecified atom stereocenters. The SMILES string of the molecule is O=C(/C=C/c1ccc(Br)s1)c1cccc(O)c1. The predicted octanol–water partition coefficient (Wildman–Crippen LogP) is 4.11. The zero-order chi connectivity index (χ0) is 12.3. The first kappa shape index (κ1) is 12.1. The smallest absolute Gasteiger partial charge is 0.186 e. The molecule has 4 heteroatoms. The van der Waals surface area contributed by atoms with Crippen molar-refractivity contribution in [3.8, 4) is 5.75 Å². The minimum atomic E-state index is -0.120. The van der Waals surface area contributed by atoms with Crippen molar-refractivity contribution in [2.45, 2.75) is 0 Å². The van der Waals surface area contributed by atoms with E-state index in [-0.39, 0.29) is 11.5 Å². The van der Waals surface area contributed by atoms with E-state index in [0.717, 1.165) is 8.66 Å². The summed E-state index contributed by atoms with van der Waals surface area (Å²) in [6, 6.07) is 10.2. The second kappa shape index (κ2) is 5.29. The van der Waals surface area contributed by atoms with Crippen LogP contribution in [0.4, 0.5) is 0 Å². The Hall–Kier alpha value is -1.39. The molecule has 2 rings (SSSR count). The Morgan fingerprint density at radius 3 is 2.76 bits per heavy atom. The highest BCUT2D eigenvalue weighted by molar-refractivity contribution is 9.11. The van der Waals surface area contributed by atoms with E-state index in [0.29, 0.717) is 5.56 Å². The van der Waals surface area contributed by atoms with Crippen LogP contribution in [-0.4, -0.2) is 10.9 Å². The quantitative estimate of drug-likeness (QED) is 0.684. The van der Waals surface area contributed by atoms with Gasteiger partial charge in [-0.2, -0.15) is 0 Å². The molecular formula is C13H9BrO2S. The molecule has 1 aromatic heterocycles. The van der Waals surface area contributed by atoms with Crippen molar-refractivity contribution >= 4 is 39.1 Å². The van der Waals surface area contributed by atoms with E-state index in [9.17, 15) is 9.90 Å². The Bertz CT molecular complexity index is 572. The van der Waals surface area contributed by atoms with Crippen LogP contribution in [0.25, 0.3) is 6.08 Å². The fourth-order valence-corrected chi connectivity index (χ4v) is 2.66. The first-order valence-electron chi connectivity index (χ1n) is 4.92. The molecule has 0 aliphatic carbocycles. The number of halogens is 1. The summed E-state index contributed by atoms with van der Waals surface area (Å²) in [5.41, 5.74) is 0.483. The fourth-order valence-electron chi connectivity index (χ4n) is 1.33. The lowest BCUT2D eigenvalue weighted by atomic mass is 10.1. The van der Waals surface area contributed by atoms with Gasteiger partial charge >= 0.3 is 0 Å². The molecule has 0 amide bonds. The molecular weight excluding hydrogens is 300 g/mol. The molecule has 2 aromatic rings. The fraction of sp³-hybridized carbons (Fsp3) is 0. The van der Waals surface area contributed by atoms with Crippen LogP contribution in [0.3, 0.4) is 0 Å². The molecule has 0 aliphatic heterocycles. The van der Waals surface area contributed by atoms with Crippen LogP contribution in [-0.2, 0) is 0 Å². The van der Waals surface area contributed by atoms with Crippen molar-refractivity contribution in [3.05, 3.63) is 56.7 Å². The molecule has 1 N–H and O–H groups in total. The van der Waals surface area contributed by atoms with Gasteiger partial charge in [-0.25, -0.2) is 0 Å². The van der Waals surface area contributed by atoms with E-state index in [1.165, 1.54) is 18.2 Å². The van der Waals surface area contributed by atoms with E-state index >= 15 is 0 Å². The highest BCUT2D eigenvalue weighted by Gasteiger charge is 2.02. The van der Waals surface area contributed by atoms with Gasteiger partial charge in [-0.3, -0.25) is 4.79 Å². The normalized spacial score (nSPS) is 10.9. The molecule has 0 bridgehead atoms. The number of ketones is 1. The van der Waals surface area contributed by atoms with Crippen LogP contribution in [0.5, 0.6) is 5.75 Å². The number of thiophene rings is 1. The number of rotatable bonds is 3. The number of aromatic hydroxyl groups is 1. The lowest BCUT2D eigenvalue weighted by Crippen LogP contribution is -1.92. The van der Waals surface area contributed by atoms with Gasteiger partial charge in [0.2, 0.25) is 0 Å². The Balaban J connectivity index is 2.14. The summed E-state index contributed by atoms with van der Waals surface area (Å²) in [6.45, 7) is 0. The maximum Gasteiger partial charge on any atom is 0.186 e. The number of allylic oxidation sites excluding steroid dienone is 1. The highest BCUT2D eigenvalue weighted by Crippen LogP contribution is 2.23. The molecule has 1 aromatic carbocycles. The number of hydrogen-bond donors (Lipinski definition) is 1. The standard InChI is InChI=1S/C13H9BrO2S/c14-13-7-5-11(17-13)4-6-12(16)9-2-1-3-10(15)8-9/h1-8,15H/b6-4+. The van der Waals surface area contributed by atoms with Crippen LogP contribution >= 0.6 is 27.3 Å². The summed E-state index contributed by atoms with van der Waals surface area (Å²) in [4.78, 5) is 12.8. The van der Waals surface area contributed by atoms with Crippen LogP contribution in [0.15, 0.2) is 46.3 Å². The molecule has 0 atom stereocenters. The zero-order valence-corrected chi connectivity index (χ0v) is 11.2. The minimum Gasteiger partial charge on any atom is -0.508 e. The Kier molecular flexibility index (Phi) is 3.76.